The molecule has 1 aromatic heterocycles. The van der Waals surface area contributed by atoms with E-state index in [-0.39, 0.29) is 0 Å². The number of hydrogen-bond donors (Lipinski definition) is 1. The Morgan fingerprint density at radius 3 is 2.75 bits per heavy atom. The number of benzene rings is 1. The van der Waals surface area contributed by atoms with E-state index in [0.717, 1.165) is 0 Å². The molecule has 0 bridgehead atoms. The minimum Gasteiger partial charge on any atom is -0.302 e. The fourth-order valence-electron chi connectivity index (χ4n) is 3.25. The maximum atomic E-state index is 3.88. The van der Waals surface area contributed by atoms with Crippen LogP contribution >= 0.6 is 11.3 Å². The average Bonchev–Trinajstić information content (AvgIpc) is 2.96. The second kappa shape index (κ2) is 5.34. The van der Waals surface area contributed by atoms with Crippen LogP contribution in [0.5, 0.6) is 0 Å². The summed E-state index contributed by atoms with van der Waals surface area (Å²) in [6.45, 7) is 7.06. The van der Waals surface area contributed by atoms with Gasteiger partial charge in [0.1, 0.15) is 0 Å². The van der Waals surface area contributed by atoms with Crippen molar-refractivity contribution in [3.8, 4) is 0 Å². The van der Waals surface area contributed by atoms with Gasteiger partial charge in [-0.05, 0) is 47.8 Å². The molecule has 1 N–H and O–H groups in total. The zero-order valence-electron chi connectivity index (χ0n) is 12.5. The van der Waals surface area contributed by atoms with E-state index in [1.165, 1.54) is 28.8 Å². The van der Waals surface area contributed by atoms with Gasteiger partial charge >= 0.3 is 0 Å². The van der Waals surface area contributed by atoms with Gasteiger partial charge in [0.25, 0.3) is 0 Å². The van der Waals surface area contributed by atoms with Crippen LogP contribution in [0.4, 0.5) is 0 Å². The molecule has 106 valence electrons. The van der Waals surface area contributed by atoms with Crippen molar-refractivity contribution in [1.29, 1.82) is 0 Å². The lowest BCUT2D eigenvalue weighted by molar-refractivity contribution is 0.197. The molecule has 1 aliphatic carbocycles. The second-order valence-corrected chi connectivity index (χ2v) is 7.50. The molecule has 1 nitrogen and oxygen atoms in total. The molecule has 0 saturated carbocycles. The van der Waals surface area contributed by atoms with E-state index < -0.39 is 0 Å². The summed E-state index contributed by atoms with van der Waals surface area (Å²) in [5.74, 6) is 0. The van der Waals surface area contributed by atoms with Gasteiger partial charge in [-0.2, -0.15) is 0 Å². The lowest BCUT2D eigenvalue weighted by atomic mass is 9.70. The third-order valence-corrected chi connectivity index (χ3v) is 5.63. The van der Waals surface area contributed by atoms with Crippen LogP contribution in [0, 0.1) is 5.41 Å². The van der Waals surface area contributed by atoms with Crippen LogP contribution in [-0.4, -0.2) is 0 Å². The Labute approximate surface area is 126 Å². The summed E-state index contributed by atoms with van der Waals surface area (Å²) in [5, 5.41) is 6.04. The Hall–Kier alpha value is -1.12. The second-order valence-electron chi connectivity index (χ2n) is 6.52. The fraction of sp³-hybridized carbons (Fsp3) is 0.444. The number of fused-ring (bicyclic) bond motifs is 1. The Balaban J connectivity index is 1.90. The molecule has 0 aliphatic heterocycles. The van der Waals surface area contributed by atoms with Gasteiger partial charge in [-0.15, -0.1) is 11.3 Å². The number of nitrogens with one attached hydrogen (secondary N) is 1. The highest BCUT2D eigenvalue weighted by molar-refractivity contribution is 7.10. The van der Waals surface area contributed by atoms with Crippen molar-refractivity contribution >= 4 is 11.3 Å². The first-order chi connectivity index (χ1) is 9.58. The summed E-state index contributed by atoms with van der Waals surface area (Å²) in [6, 6.07) is 14.1. The monoisotopic (exact) mass is 285 g/mol. The molecule has 2 atom stereocenters. The normalized spacial score (nSPS) is 22.2. The molecular formula is C18H23NS. The van der Waals surface area contributed by atoms with Gasteiger partial charge in [-0.25, -0.2) is 0 Å². The number of rotatable bonds is 3. The third kappa shape index (κ3) is 2.55. The van der Waals surface area contributed by atoms with Crippen LogP contribution < -0.4 is 5.32 Å². The van der Waals surface area contributed by atoms with Crippen LogP contribution in [0.2, 0.25) is 0 Å². The van der Waals surface area contributed by atoms with Crippen LogP contribution in [0.25, 0.3) is 0 Å². The number of aryl methyl sites for hydroxylation is 1. The number of hydrogen-bond acceptors (Lipinski definition) is 2. The van der Waals surface area contributed by atoms with Gasteiger partial charge in [0.05, 0.1) is 0 Å². The predicted molar refractivity (Wildman–Crippen MR) is 87.2 cm³/mol. The Morgan fingerprint density at radius 1 is 1.20 bits per heavy atom. The fourth-order valence-corrected chi connectivity index (χ4v) is 3.99. The topological polar surface area (TPSA) is 12.0 Å². The quantitative estimate of drug-likeness (QED) is 0.826. The van der Waals surface area contributed by atoms with Crippen molar-refractivity contribution in [2.45, 2.75) is 45.7 Å². The van der Waals surface area contributed by atoms with E-state index in [1.807, 2.05) is 11.3 Å². The Kier molecular flexibility index (Phi) is 3.70. The van der Waals surface area contributed by atoms with Crippen molar-refractivity contribution in [2.24, 2.45) is 5.41 Å². The molecule has 3 rings (SSSR count). The first-order valence-electron chi connectivity index (χ1n) is 7.45. The maximum absolute atomic E-state index is 3.88. The summed E-state index contributed by atoms with van der Waals surface area (Å²) in [4.78, 5) is 1.42. The third-order valence-electron chi connectivity index (χ3n) is 4.57. The predicted octanol–water partition coefficient (Wildman–Crippen LogP) is 5.11. The standard InChI is InChI=1S/C18H23NS/c1-13(16-9-6-12-20-16)19-17-15-8-5-4-7-14(15)10-11-18(17,2)3/h4-9,12-13,17,19H,10-11H2,1-3H3/t13-,17?/m0/s1. The molecule has 1 heterocycles. The summed E-state index contributed by atoms with van der Waals surface area (Å²) in [7, 11) is 0. The summed E-state index contributed by atoms with van der Waals surface area (Å²) >= 11 is 1.84. The van der Waals surface area contributed by atoms with E-state index in [1.54, 1.807) is 0 Å². The smallest absolute Gasteiger partial charge is 0.0391 e. The van der Waals surface area contributed by atoms with Crippen molar-refractivity contribution in [2.75, 3.05) is 0 Å². The average molecular weight is 285 g/mol. The highest BCUT2D eigenvalue weighted by Crippen LogP contribution is 2.44. The lowest BCUT2D eigenvalue weighted by Crippen LogP contribution is -2.39. The van der Waals surface area contributed by atoms with Crippen LogP contribution in [0.15, 0.2) is 41.8 Å². The molecule has 0 fully saturated rings. The van der Waals surface area contributed by atoms with Crippen molar-refractivity contribution in [3.05, 3.63) is 57.8 Å². The molecule has 0 amide bonds. The minimum atomic E-state index is 0.305. The van der Waals surface area contributed by atoms with Gasteiger partial charge in [-0.3, -0.25) is 0 Å². The summed E-state index contributed by atoms with van der Waals surface area (Å²) < 4.78 is 0. The zero-order valence-corrected chi connectivity index (χ0v) is 13.3. The zero-order chi connectivity index (χ0) is 14.2. The molecular weight excluding hydrogens is 262 g/mol. The summed E-state index contributed by atoms with van der Waals surface area (Å²) in [5.41, 5.74) is 3.31. The van der Waals surface area contributed by atoms with E-state index >= 15 is 0 Å². The summed E-state index contributed by atoms with van der Waals surface area (Å²) in [6.07, 6.45) is 2.45. The minimum absolute atomic E-state index is 0.305. The largest absolute Gasteiger partial charge is 0.302 e. The van der Waals surface area contributed by atoms with Crippen molar-refractivity contribution in [1.82, 2.24) is 5.32 Å². The van der Waals surface area contributed by atoms with Gasteiger partial charge < -0.3 is 5.32 Å². The highest BCUT2D eigenvalue weighted by atomic mass is 32.1. The van der Waals surface area contributed by atoms with E-state index in [2.05, 4.69) is 67.9 Å². The van der Waals surface area contributed by atoms with Crippen LogP contribution in [0.1, 0.15) is 55.3 Å². The van der Waals surface area contributed by atoms with Gasteiger partial charge in [0, 0.05) is 17.0 Å². The molecule has 0 saturated heterocycles. The molecule has 1 aliphatic rings. The van der Waals surface area contributed by atoms with Crippen molar-refractivity contribution in [3.63, 3.8) is 0 Å². The highest BCUT2D eigenvalue weighted by Gasteiger charge is 2.36. The van der Waals surface area contributed by atoms with Gasteiger partial charge in [0.2, 0.25) is 0 Å². The van der Waals surface area contributed by atoms with E-state index in [4.69, 9.17) is 0 Å². The lowest BCUT2D eigenvalue weighted by Gasteiger charge is -2.42. The first-order valence-corrected chi connectivity index (χ1v) is 8.33. The van der Waals surface area contributed by atoms with Gasteiger partial charge in [0.15, 0.2) is 0 Å². The molecule has 2 aromatic rings. The molecule has 20 heavy (non-hydrogen) atoms. The molecule has 2 heteroatoms. The first kappa shape index (κ1) is 13.8. The van der Waals surface area contributed by atoms with Crippen LogP contribution in [-0.2, 0) is 6.42 Å². The molecule has 1 unspecified atom stereocenters. The van der Waals surface area contributed by atoms with E-state index in [9.17, 15) is 0 Å². The Morgan fingerprint density at radius 2 is 2.00 bits per heavy atom. The van der Waals surface area contributed by atoms with Crippen molar-refractivity contribution < 1.29 is 0 Å². The van der Waals surface area contributed by atoms with Crippen LogP contribution in [0.3, 0.4) is 0 Å². The molecule has 0 radical (unpaired) electrons. The number of thiophene rings is 1. The van der Waals surface area contributed by atoms with Gasteiger partial charge in [-0.1, -0.05) is 44.2 Å². The van der Waals surface area contributed by atoms with E-state index in [0.29, 0.717) is 17.5 Å². The Bertz CT molecular complexity index is 571. The SMILES string of the molecule is C[C@H](NC1c2ccccc2CCC1(C)C)c1cccs1. The molecule has 1 aromatic carbocycles. The molecule has 0 spiro atoms. The maximum Gasteiger partial charge on any atom is 0.0391 e.